The molecule has 0 aromatic heterocycles. The minimum atomic E-state index is -5.08. The zero-order valence-corrected chi connectivity index (χ0v) is 29.3. The number of aliphatic hydroxyl groups excluding tert-OH is 1. The molecular formula is C37H33F6N9O4. The lowest BCUT2D eigenvalue weighted by Crippen LogP contribution is -2.54. The molecule has 0 spiro atoms. The van der Waals surface area contributed by atoms with Crippen LogP contribution in [0, 0.1) is 0 Å². The lowest BCUT2D eigenvalue weighted by Gasteiger charge is -2.32. The fourth-order valence-electron chi connectivity index (χ4n) is 6.04. The number of nitrogens with one attached hydrogen (secondary N) is 2. The molecule has 56 heavy (non-hydrogen) atoms. The van der Waals surface area contributed by atoms with Gasteiger partial charge in [-0.2, -0.15) is 26.3 Å². The van der Waals surface area contributed by atoms with E-state index in [2.05, 4.69) is 30.9 Å². The minimum Gasteiger partial charge on any atom is -0.494 e. The van der Waals surface area contributed by atoms with Gasteiger partial charge in [0.25, 0.3) is 5.91 Å². The van der Waals surface area contributed by atoms with Crippen molar-refractivity contribution < 1.29 is 45.7 Å². The number of alkyl halides is 6. The maximum absolute atomic E-state index is 14.7. The molecular weight excluding hydrogens is 748 g/mol. The Morgan fingerprint density at radius 3 is 2.05 bits per heavy atom. The van der Waals surface area contributed by atoms with Crippen LogP contribution < -0.4 is 15.6 Å². The van der Waals surface area contributed by atoms with E-state index in [0.29, 0.717) is 52.1 Å². The number of carbonyl (C=O) groups excluding carboxylic acids is 1. The van der Waals surface area contributed by atoms with Crippen molar-refractivity contribution in [2.75, 3.05) is 13.2 Å². The Balaban J connectivity index is 1.61. The van der Waals surface area contributed by atoms with Crippen molar-refractivity contribution in [3.63, 3.8) is 0 Å². The second-order valence-corrected chi connectivity index (χ2v) is 12.4. The van der Waals surface area contributed by atoms with Crippen molar-refractivity contribution in [2.24, 2.45) is 15.2 Å². The van der Waals surface area contributed by atoms with E-state index in [4.69, 9.17) is 30.6 Å². The van der Waals surface area contributed by atoms with Crippen molar-refractivity contribution in [1.82, 2.24) is 10.9 Å². The van der Waals surface area contributed by atoms with Gasteiger partial charge in [-0.25, -0.2) is 10.4 Å². The summed E-state index contributed by atoms with van der Waals surface area (Å²) in [6.45, 7) is -0.726. The van der Waals surface area contributed by atoms with Gasteiger partial charge in [-0.05, 0) is 81.3 Å². The lowest BCUT2D eigenvalue weighted by molar-refractivity contribution is -0.143. The topological polar surface area (TPSA) is 190 Å². The van der Waals surface area contributed by atoms with E-state index in [1.165, 1.54) is 0 Å². The third kappa shape index (κ3) is 9.88. The molecule has 0 bridgehead atoms. The highest BCUT2D eigenvalue weighted by molar-refractivity contribution is 6.01. The number of benzene rings is 4. The van der Waals surface area contributed by atoms with Crippen LogP contribution in [0.1, 0.15) is 57.0 Å². The highest BCUT2D eigenvalue weighted by Crippen LogP contribution is 2.44. The third-order valence-electron chi connectivity index (χ3n) is 8.70. The molecule has 1 aliphatic heterocycles. The molecule has 0 fully saturated rings. The van der Waals surface area contributed by atoms with Crippen molar-refractivity contribution in [3.05, 3.63) is 156 Å². The average molecular weight is 782 g/mol. The summed E-state index contributed by atoms with van der Waals surface area (Å²) in [5.41, 5.74) is 20.0. The molecule has 4 aromatic rings. The van der Waals surface area contributed by atoms with Crippen LogP contribution in [0.3, 0.4) is 0 Å². The number of halogens is 6. The Hall–Kier alpha value is -6.26. The van der Waals surface area contributed by atoms with Crippen molar-refractivity contribution in [3.8, 4) is 5.75 Å². The molecule has 0 saturated heterocycles. The van der Waals surface area contributed by atoms with E-state index in [0.717, 1.165) is 0 Å². The molecule has 1 heterocycles. The van der Waals surface area contributed by atoms with Gasteiger partial charge >= 0.3 is 12.4 Å². The van der Waals surface area contributed by atoms with Gasteiger partial charge in [0.2, 0.25) is 5.90 Å². The first kappa shape index (κ1) is 40.9. The molecule has 1 aliphatic rings. The van der Waals surface area contributed by atoms with Gasteiger partial charge in [-0.1, -0.05) is 58.8 Å². The molecule has 0 radical (unpaired) electrons. The van der Waals surface area contributed by atoms with E-state index in [1.54, 1.807) is 72.8 Å². The first-order valence-corrected chi connectivity index (χ1v) is 16.9. The summed E-state index contributed by atoms with van der Waals surface area (Å²) < 4.78 is 93.7. The SMILES string of the molecule is [N-]=[N+]=NCc1ccccc1C[C@]1(C(=O)NNCc2cc(C(F)(F)F)cc(C(F)(F)F)c2)N=C(c2ccc(OCCCO)cc2)O[C@H]1c1ccccc1CN=[N+]=[N-]. The maximum Gasteiger partial charge on any atom is 0.416 e. The van der Waals surface area contributed by atoms with Crippen molar-refractivity contribution in [1.29, 1.82) is 0 Å². The molecule has 2 atom stereocenters. The number of aliphatic hydroxyl groups is 1. The van der Waals surface area contributed by atoms with Crippen LogP contribution in [0.2, 0.25) is 0 Å². The van der Waals surface area contributed by atoms with Gasteiger partial charge in [-0.15, -0.1) is 0 Å². The second kappa shape index (κ2) is 17.9. The lowest BCUT2D eigenvalue weighted by atomic mass is 9.80. The van der Waals surface area contributed by atoms with Crippen LogP contribution in [-0.2, 0) is 47.9 Å². The molecule has 0 aliphatic carbocycles. The highest BCUT2D eigenvalue weighted by atomic mass is 19.4. The van der Waals surface area contributed by atoms with Crippen LogP contribution in [0.25, 0.3) is 20.9 Å². The molecule has 4 aromatic carbocycles. The minimum absolute atomic E-state index is 0.00315. The van der Waals surface area contributed by atoms with Gasteiger partial charge in [0.1, 0.15) is 5.75 Å². The number of azide groups is 2. The number of hydrazine groups is 1. The highest BCUT2D eigenvalue weighted by Gasteiger charge is 2.54. The van der Waals surface area contributed by atoms with Gasteiger partial charge in [-0.3, -0.25) is 10.2 Å². The number of hydrogen-bond donors (Lipinski definition) is 3. The van der Waals surface area contributed by atoms with Crippen LogP contribution >= 0.6 is 0 Å². The number of nitrogens with zero attached hydrogens (tertiary/aromatic N) is 7. The molecule has 3 N–H and O–H groups in total. The molecule has 1 amide bonds. The Labute approximate surface area is 315 Å². The van der Waals surface area contributed by atoms with Crippen molar-refractivity contribution >= 4 is 11.8 Å². The Morgan fingerprint density at radius 1 is 0.857 bits per heavy atom. The van der Waals surface area contributed by atoms with Gasteiger partial charge in [0.05, 0.1) is 30.8 Å². The van der Waals surface area contributed by atoms with E-state index in [1.807, 2.05) is 0 Å². The predicted octanol–water partition coefficient (Wildman–Crippen LogP) is 8.43. The predicted molar refractivity (Wildman–Crippen MR) is 190 cm³/mol. The largest absolute Gasteiger partial charge is 0.494 e. The fourth-order valence-corrected chi connectivity index (χ4v) is 6.04. The number of carbonyl (C=O) groups is 1. The standard InChI is InChI=1S/C37H33F6N9O4/c38-36(39,40)28-16-23(17-29(18-28)37(41,42)43)20-46-50-34(54)35(19-25-6-1-2-7-26(25)21-47-51-44)32(31-9-4-3-8-27(31)22-48-52-45)56-33(49-35)24-10-12-30(13-11-24)55-15-5-14-53/h1-4,6-13,16-18,32,46,53H,5,14-15,19-22H2,(H,50,54)/t32-,35-/m0/s1. The Morgan fingerprint density at radius 2 is 1.45 bits per heavy atom. The first-order valence-electron chi connectivity index (χ1n) is 16.9. The van der Waals surface area contributed by atoms with Crippen LogP contribution in [0.15, 0.2) is 106 Å². The fraction of sp³-hybridized carbons (Fsp3) is 0.297. The number of hydrogen-bond acceptors (Lipinski definition) is 8. The number of ether oxygens (including phenoxy) is 2. The smallest absolute Gasteiger partial charge is 0.416 e. The zero-order valence-electron chi connectivity index (χ0n) is 29.3. The van der Waals surface area contributed by atoms with Crippen molar-refractivity contribution in [2.45, 2.75) is 56.5 Å². The maximum atomic E-state index is 14.7. The van der Waals surface area contributed by atoms with Crippen LogP contribution in [-0.4, -0.2) is 35.7 Å². The molecule has 5 rings (SSSR count). The number of amides is 1. The van der Waals surface area contributed by atoms with Crippen LogP contribution in [0.4, 0.5) is 26.3 Å². The number of aliphatic imine (C=N–C) groups is 1. The van der Waals surface area contributed by atoms with E-state index >= 15 is 0 Å². The molecule has 292 valence electrons. The molecule has 19 heteroatoms. The molecule has 0 saturated carbocycles. The second-order valence-electron chi connectivity index (χ2n) is 12.4. The molecule has 13 nitrogen and oxygen atoms in total. The van der Waals surface area contributed by atoms with Gasteiger partial charge < -0.3 is 14.6 Å². The summed E-state index contributed by atoms with van der Waals surface area (Å²) >= 11 is 0. The monoisotopic (exact) mass is 781 g/mol. The van der Waals surface area contributed by atoms with E-state index in [9.17, 15) is 31.1 Å². The average Bonchev–Trinajstić information content (AvgIpc) is 3.56. The normalized spacial score (nSPS) is 16.6. The summed E-state index contributed by atoms with van der Waals surface area (Å²) in [5, 5.41) is 16.4. The van der Waals surface area contributed by atoms with E-state index < -0.39 is 53.1 Å². The first-order chi connectivity index (χ1) is 26.8. The van der Waals surface area contributed by atoms with E-state index in [-0.39, 0.29) is 44.7 Å². The quantitative estimate of drug-likeness (QED) is 0.0256. The number of rotatable bonds is 16. The summed E-state index contributed by atoms with van der Waals surface area (Å²) in [6, 6.07) is 21.0. The summed E-state index contributed by atoms with van der Waals surface area (Å²) in [7, 11) is 0. The zero-order chi connectivity index (χ0) is 40.3. The van der Waals surface area contributed by atoms with Crippen LogP contribution in [0.5, 0.6) is 5.75 Å². The summed E-state index contributed by atoms with van der Waals surface area (Å²) in [4.78, 5) is 25.3. The Kier molecular flexibility index (Phi) is 13.1. The summed E-state index contributed by atoms with van der Waals surface area (Å²) in [5.74, 6) is -0.423. The Bertz CT molecular complexity index is 2120. The van der Waals surface area contributed by atoms with Gasteiger partial charge in [0.15, 0.2) is 11.6 Å². The molecule has 0 unspecified atom stereocenters. The van der Waals surface area contributed by atoms with Gasteiger partial charge in [0, 0.05) is 41.4 Å². The summed E-state index contributed by atoms with van der Waals surface area (Å²) in [6.07, 6.45) is -11.2. The third-order valence-corrected chi connectivity index (χ3v) is 8.70.